The molecule has 1 heterocycles. The van der Waals surface area contributed by atoms with Gasteiger partial charge in [0.1, 0.15) is 11.8 Å². The van der Waals surface area contributed by atoms with Gasteiger partial charge < -0.3 is 20.1 Å². The Labute approximate surface area is 182 Å². The lowest BCUT2D eigenvalue weighted by Gasteiger charge is -2.15. The standard InChI is InChI=1S/C22H26N4O3.ClH/c1-23-21(18-12-24-26(2)13-18)22(27)25-19-6-4-5-17(11-19)15-29-14-16-7-9-20(28-3)10-8-16;/h4-13,21,23H,14-15H2,1-3H3,(H,25,27);1H. The molecule has 1 amide bonds. The number of methoxy groups -OCH3 is 1. The maximum Gasteiger partial charge on any atom is 0.246 e. The summed E-state index contributed by atoms with van der Waals surface area (Å²) in [5.74, 6) is 0.681. The molecule has 0 bridgehead atoms. The highest BCUT2D eigenvalue weighted by molar-refractivity contribution is 5.95. The van der Waals surface area contributed by atoms with Gasteiger partial charge in [0.15, 0.2) is 0 Å². The number of benzene rings is 2. The molecule has 2 N–H and O–H groups in total. The largest absolute Gasteiger partial charge is 0.497 e. The van der Waals surface area contributed by atoms with Crippen LogP contribution in [-0.2, 0) is 29.8 Å². The number of carbonyl (C=O) groups is 1. The predicted molar refractivity (Wildman–Crippen MR) is 119 cm³/mol. The van der Waals surface area contributed by atoms with E-state index in [-0.39, 0.29) is 18.3 Å². The third kappa shape index (κ3) is 6.32. The summed E-state index contributed by atoms with van der Waals surface area (Å²) in [6.45, 7) is 0.956. The fourth-order valence-corrected chi connectivity index (χ4v) is 3.00. The molecule has 1 atom stereocenters. The Bertz CT molecular complexity index is 944. The van der Waals surface area contributed by atoms with Crippen LogP contribution in [0.3, 0.4) is 0 Å². The minimum Gasteiger partial charge on any atom is -0.497 e. The van der Waals surface area contributed by atoms with Crippen LogP contribution in [0.2, 0.25) is 0 Å². The summed E-state index contributed by atoms with van der Waals surface area (Å²) >= 11 is 0. The first kappa shape index (κ1) is 23.4. The molecular weight excluding hydrogens is 404 g/mol. The van der Waals surface area contributed by atoms with E-state index in [2.05, 4.69) is 15.7 Å². The number of hydrogen-bond donors (Lipinski definition) is 2. The van der Waals surface area contributed by atoms with Crippen molar-refractivity contribution in [2.45, 2.75) is 19.3 Å². The third-order valence-electron chi connectivity index (χ3n) is 4.50. The van der Waals surface area contributed by atoms with Gasteiger partial charge in [-0.25, -0.2) is 0 Å². The topological polar surface area (TPSA) is 77.4 Å². The zero-order valence-electron chi connectivity index (χ0n) is 17.3. The molecule has 30 heavy (non-hydrogen) atoms. The molecular formula is C22H27ClN4O3. The van der Waals surface area contributed by atoms with Crippen LogP contribution in [0.5, 0.6) is 5.75 Å². The van der Waals surface area contributed by atoms with Crippen LogP contribution in [0, 0.1) is 0 Å². The van der Waals surface area contributed by atoms with Gasteiger partial charge in [-0.15, -0.1) is 12.4 Å². The molecule has 0 radical (unpaired) electrons. The summed E-state index contributed by atoms with van der Waals surface area (Å²) in [5.41, 5.74) is 3.60. The molecule has 3 rings (SSSR count). The number of amides is 1. The fourth-order valence-electron chi connectivity index (χ4n) is 3.00. The first-order chi connectivity index (χ1) is 14.1. The van der Waals surface area contributed by atoms with Crippen molar-refractivity contribution in [1.82, 2.24) is 15.1 Å². The van der Waals surface area contributed by atoms with Gasteiger partial charge in [0.25, 0.3) is 0 Å². The first-order valence-electron chi connectivity index (χ1n) is 9.35. The maximum absolute atomic E-state index is 12.7. The number of aryl methyl sites for hydroxylation is 1. The van der Waals surface area contributed by atoms with Crippen molar-refractivity contribution < 1.29 is 14.3 Å². The number of hydrogen-bond acceptors (Lipinski definition) is 5. The van der Waals surface area contributed by atoms with Gasteiger partial charge in [0.2, 0.25) is 5.91 Å². The van der Waals surface area contributed by atoms with Crippen molar-refractivity contribution in [3.63, 3.8) is 0 Å². The van der Waals surface area contributed by atoms with Crippen LogP contribution in [0.25, 0.3) is 0 Å². The molecule has 160 valence electrons. The van der Waals surface area contributed by atoms with Gasteiger partial charge >= 0.3 is 0 Å². The number of ether oxygens (including phenoxy) is 2. The summed E-state index contributed by atoms with van der Waals surface area (Å²) in [6, 6.07) is 15.0. The predicted octanol–water partition coefficient (Wildman–Crippen LogP) is 3.47. The van der Waals surface area contributed by atoms with Gasteiger partial charge in [0, 0.05) is 24.5 Å². The van der Waals surface area contributed by atoms with E-state index >= 15 is 0 Å². The van der Waals surface area contributed by atoms with Crippen molar-refractivity contribution >= 4 is 24.0 Å². The summed E-state index contributed by atoms with van der Waals surface area (Å²) in [4.78, 5) is 12.7. The Morgan fingerprint density at radius 3 is 2.50 bits per heavy atom. The van der Waals surface area contributed by atoms with E-state index in [1.165, 1.54) is 0 Å². The SMILES string of the molecule is CNC(C(=O)Nc1cccc(COCc2ccc(OC)cc2)c1)c1cnn(C)c1.Cl. The summed E-state index contributed by atoms with van der Waals surface area (Å²) in [5, 5.41) is 10.1. The van der Waals surface area contributed by atoms with Crippen molar-refractivity contribution in [3.05, 3.63) is 77.6 Å². The molecule has 0 saturated carbocycles. The lowest BCUT2D eigenvalue weighted by molar-refractivity contribution is -0.118. The minimum atomic E-state index is -0.473. The number of likely N-dealkylation sites (N-methyl/N-ethyl adjacent to an activating group) is 1. The average Bonchev–Trinajstić information content (AvgIpc) is 3.15. The van der Waals surface area contributed by atoms with Crippen molar-refractivity contribution in [3.8, 4) is 5.75 Å². The molecule has 7 nitrogen and oxygen atoms in total. The van der Waals surface area contributed by atoms with Crippen molar-refractivity contribution in [2.75, 3.05) is 19.5 Å². The average molecular weight is 431 g/mol. The number of anilines is 1. The third-order valence-corrected chi connectivity index (χ3v) is 4.50. The van der Waals surface area contributed by atoms with E-state index in [1.54, 1.807) is 25.0 Å². The highest BCUT2D eigenvalue weighted by Crippen LogP contribution is 2.18. The van der Waals surface area contributed by atoms with Crippen LogP contribution in [0.4, 0.5) is 5.69 Å². The van der Waals surface area contributed by atoms with E-state index in [4.69, 9.17) is 9.47 Å². The van der Waals surface area contributed by atoms with Crippen LogP contribution in [0.1, 0.15) is 22.7 Å². The number of nitrogens with one attached hydrogen (secondary N) is 2. The van der Waals surface area contributed by atoms with Crippen LogP contribution < -0.4 is 15.4 Å². The Morgan fingerprint density at radius 2 is 1.87 bits per heavy atom. The Balaban J connectivity index is 0.00000320. The zero-order chi connectivity index (χ0) is 20.6. The zero-order valence-corrected chi connectivity index (χ0v) is 18.1. The molecule has 1 aromatic heterocycles. The lowest BCUT2D eigenvalue weighted by Crippen LogP contribution is -2.30. The maximum atomic E-state index is 12.7. The van der Waals surface area contributed by atoms with Crippen molar-refractivity contribution in [2.24, 2.45) is 7.05 Å². The van der Waals surface area contributed by atoms with E-state index < -0.39 is 6.04 Å². The lowest BCUT2D eigenvalue weighted by atomic mass is 10.1. The number of halogens is 1. The summed E-state index contributed by atoms with van der Waals surface area (Å²) in [7, 11) is 5.22. The highest BCUT2D eigenvalue weighted by Gasteiger charge is 2.20. The summed E-state index contributed by atoms with van der Waals surface area (Å²) < 4.78 is 12.6. The van der Waals surface area contributed by atoms with E-state index in [1.807, 2.05) is 61.8 Å². The van der Waals surface area contributed by atoms with Crippen molar-refractivity contribution in [1.29, 1.82) is 0 Å². The van der Waals surface area contributed by atoms with Gasteiger partial charge in [-0.05, 0) is 42.4 Å². The molecule has 0 aliphatic carbocycles. The van der Waals surface area contributed by atoms with E-state index in [0.29, 0.717) is 13.2 Å². The molecule has 0 spiro atoms. The second kappa shape index (κ2) is 11.3. The highest BCUT2D eigenvalue weighted by atomic mass is 35.5. The molecule has 2 aromatic carbocycles. The molecule has 0 fully saturated rings. The molecule has 0 saturated heterocycles. The molecule has 0 aliphatic rings. The van der Waals surface area contributed by atoms with E-state index in [9.17, 15) is 4.79 Å². The normalized spacial score (nSPS) is 11.4. The van der Waals surface area contributed by atoms with Crippen LogP contribution in [-0.4, -0.2) is 29.8 Å². The Morgan fingerprint density at radius 1 is 1.13 bits per heavy atom. The second-order valence-corrected chi connectivity index (χ2v) is 6.70. The van der Waals surface area contributed by atoms with Gasteiger partial charge in [-0.3, -0.25) is 9.48 Å². The van der Waals surface area contributed by atoms with Crippen LogP contribution in [0.15, 0.2) is 60.9 Å². The number of rotatable bonds is 9. The molecule has 1 unspecified atom stereocenters. The molecule has 3 aromatic rings. The number of carbonyl (C=O) groups excluding carboxylic acids is 1. The van der Waals surface area contributed by atoms with Gasteiger partial charge in [0.05, 0.1) is 26.5 Å². The number of aromatic nitrogens is 2. The number of nitrogens with zero attached hydrogens (tertiary/aromatic N) is 2. The Hall–Kier alpha value is -2.87. The van der Waals surface area contributed by atoms with Gasteiger partial charge in [-0.2, -0.15) is 5.10 Å². The minimum absolute atomic E-state index is 0. The summed E-state index contributed by atoms with van der Waals surface area (Å²) in [6.07, 6.45) is 3.51. The fraction of sp³-hybridized carbons (Fsp3) is 0.273. The van der Waals surface area contributed by atoms with Gasteiger partial charge in [-0.1, -0.05) is 24.3 Å². The smallest absolute Gasteiger partial charge is 0.246 e. The first-order valence-corrected chi connectivity index (χ1v) is 9.35. The van der Waals surface area contributed by atoms with E-state index in [0.717, 1.165) is 28.1 Å². The molecule has 0 aliphatic heterocycles. The second-order valence-electron chi connectivity index (χ2n) is 6.70. The monoisotopic (exact) mass is 430 g/mol. The Kier molecular flexibility index (Phi) is 8.86. The molecule has 8 heteroatoms. The van der Waals surface area contributed by atoms with Crippen LogP contribution >= 0.6 is 12.4 Å². The quantitative estimate of drug-likeness (QED) is 0.543.